The number of thioether (sulfide) groups is 1. The first-order valence-electron chi connectivity index (χ1n) is 8.23. The van der Waals surface area contributed by atoms with Gasteiger partial charge in [-0.25, -0.2) is 0 Å². The number of benzene rings is 1. The van der Waals surface area contributed by atoms with E-state index >= 15 is 0 Å². The minimum absolute atomic E-state index is 0.0183. The highest BCUT2D eigenvalue weighted by molar-refractivity contribution is 8.13. The number of aliphatic carboxylic acids is 1. The Labute approximate surface area is 150 Å². The maximum Gasteiger partial charge on any atom is 0.300 e. The topological polar surface area (TPSA) is 57.6 Å². The Morgan fingerprint density at radius 1 is 1.12 bits per heavy atom. The van der Waals surface area contributed by atoms with Gasteiger partial charge in [-0.05, 0) is 37.6 Å². The average molecular weight is 354 g/mol. The molecule has 1 rings (SSSR count). The molecule has 0 spiro atoms. The summed E-state index contributed by atoms with van der Waals surface area (Å²) < 4.78 is 0. The molecule has 0 radical (unpaired) electrons. The first kappa shape index (κ1) is 22.7. The molecule has 1 aromatic carbocycles. The van der Waals surface area contributed by atoms with Gasteiger partial charge in [-0.2, -0.15) is 0 Å². The maximum absolute atomic E-state index is 12.1. The van der Waals surface area contributed by atoms with E-state index in [0.717, 1.165) is 31.2 Å². The van der Waals surface area contributed by atoms with Crippen molar-refractivity contribution in [2.45, 2.75) is 40.0 Å². The summed E-state index contributed by atoms with van der Waals surface area (Å²) in [5.41, 5.74) is 2.48. The second-order valence-electron chi connectivity index (χ2n) is 6.55. The van der Waals surface area contributed by atoms with E-state index in [1.54, 1.807) is 0 Å². The zero-order valence-corrected chi connectivity index (χ0v) is 16.5. The number of carbonyl (C=O) groups is 2. The molecular formula is C19H31NO3S. The van der Waals surface area contributed by atoms with Gasteiger partial charge >= 0.3 is 0 Å². The van der Waals surface area contributed by atoms with Crippen LogP contribution in [0, 0.1) is 5.92 Å². The normalized spacial score (nSPS) is 11.8. The minimum atomic E-state index is -0.833. The van der Waals surface area contributed by atoms with Gasteiger partial charge in [-0.1, -0.05) is 56.8 Å². The summed E-state index contributed by atoms with van der Waals surface area (Å²) in [7, 11) is 4.06. The third-order valence-corrected chi connectivity index (χ3v) is 4.28. The second kappa shape index (κ2) is 12.1. The zero-order chi connectivity index (χ0) is 18.7. The third kappa shape index (κ3) is 11.2. The predicted octanol–water partition coefficient (Wildman–Crippen LogP) is 3.90. The molecule has 5 heteroatoms. The molecule has 0 saturated carbocycles. The van der Waals surface area contributed by atoms with Crippen molar-refractivity contribution in [2.24, 2.45) is 5.92 Å². The number of carbonyl (C=O) groups excluding carboxylic acids is 1. The van der Waals surface area contributed by atoms with Gasteiger partial charge < -0.3 is 10.0 Å². The van der Waals surface area contributed by atoms with Crippen molar-refractivity contribution in [2.75, 3.05) is 26.4 Å². The van der Waals surface area contributed by atoms with Crippen LogP contribution >= 0.6 is 11.8 Å². The van der Waals surface area contributed by atoms with Gasteiger partial charge in [-0.15, -0.1) is 0 Å². The maximum atomic E-state index is 12.1. The van der Waals surface area contributed by atoms with E-state index in [2.05, 4.69) is 43.0 Å². The standard InChI is InChI=1S/C17H27NOS.C2H4O2/c1-13(2)12-15-6-8-16(9-7-15)14(3)17(19)20-11-10-18(4)5;1-2(3)4/h6-9,13-14H,10-12H2,1-5H3;1H3,(H,3,4). The average Bonchev–Trinajstić information content (AvgIpc) is 2.45. The van der Waals surface area contributed by atoms with Gasteiger partial charge in [-0.3, -0.25) is 9.59 Å². The largest absolute Gasteiger partial charge is 0.481 e. The fourth-order valence-corrected chi connectivity index (χ4v) is 3.05. The highest BCUT2D eigenvalue weighted by Crippen LogP contribution is 2.23. The lowest BCUT2D eigenvalue weighted by molar-refractivity contribution is -0.134. The van der Waals surface area contributed by atoms with Gasteiger partial charge in [0.25, 0.3) is 5.97 Å². The highest BCUT2D eigenvalue weighted by Gasteiger charge is 2.15. The first-order chi connectivity index (χ1) is 11.1. The van der Waals surface area contributed by atoms with Crippen LogP contribution in [0.1, 0.15) is 44.7 Å². The number of nitrogens with zero attached hydrogens (tertiary/aromatic N) is 1. The molecule has 1 atom stereocenters. The van der Waals surface area contributed by atoms with Gasteiger partial charge in [0.05, 0.1) is 5.92 Å². The monoisotopic (exact) mass is 353 g/mol. The molecule has 0 fully saturated rings. The van der Waals surface area contributed by atoms with Crippen LogP contribution in [0.15, 0.2) is 24.3 Å². The number of rotatable bonds is 7. The lowest BCUT2D eigenvalue weighted by Gasteiger charge is -2.13. The number of carboxylic acids is 1. The molecule has 0 aliphatic heterocycles. The summed E-state index contributed by atoms with van der Waals surface area (Å²) in [6.07, 6.45) is 1.10. The molecule has 0 amide bonds. The van der Waals surface area contributed by atoms with Crippen LogP contribution in [0.4, 0.5) is 0 Å². The van der Waals surface area contributed by atoms with E-state index in [9.17, 15) is 4.79 Å². The minimum Gasteiger partial charge on any atom is -0.481 e. The molecule has 4 nitrogen and oxygen atoms in total. The Morgan fingerprint density at radius 3 is 2.04 bits per heavy atom. The number of hydrogen-bond acceptors (Lipinski definition) is 4. The molecule has 24 heavy (non-hydrogen) atoms. The molecule has 1 unspecified atom stereocenters. The van der Waals surface area contributed by atoms with Gasteiger partial charge in [0.1, 0.15) is 0 Å². The van der Waals surface area contributed by atoms with Crippen LogP contribution < -0.4 is 0 Å². The van der Waals surface area contributed by atoms with Crippen molar-refractivity contribution in [1.29, 1.82) is 0 Å². The second-order valence-corrected chi connectivity index (χ2v) is 7.65. The van der Waals surface area contributed by atoms with Crippen LogP contribution in [-0.4, -0.2) is 47.5 Å². The van der Waals surface area contributed by atoms with Gasteiger partial charge in [0, 0.05) is 19.2 Å². The van der Waals surface area contributed by atoms with Crippen LogP contribution in [0.25, 0.3) is 0 Å². The SMILES string of the molecule is CC(=O)O.CC(C)Cc1ccc(C(C)C(=O)SCCN(C)C)cc1. The fraction of sp³-hybridized carbons (Fsp3) is 0.579. The predicted molar refractivity (Wildman–Crippen MR) is 103 cm³/mol. The van der Waals surface area contributed by atoms with Crippen LogP contribution in [0.5, 0.6) is 0 Å². The van der Waals surface area contributed by atoms with Crippen molar-refractivity contribution in [1.82, 2.24) is 4.90 Å². The Bertz CT molecular complexity index is 494. The summed E-state index contributed by atoms with van der Waals surface area (Å²) in [5, 5.41) is 7.68. The van der Waals surface area contributed by atoms with E-state index in [-0.39, 0.29) is 11.0 Å². The molecular weight excluding hydrogens is 322 g/mol. The Balaban J connectivity index is 0.00000118. The molecule has 136 valence electrons. The molecule has 0 aliphatic carbocycles. The van der Waals surface area contributed by atoms with E-state index in [4.69, 9.17) is 9.90 Å². The van der Waals surface area contributed by atoms with E-state index in [1.165, 1.54) is 17.3 Å². The third-order valence-electron chi connectivity index (χ3n) is 3.26. The zero-order valence-electron chi connectivity index (χ0n) is 15.7. The van der Waals surface area contributed by atoms with E-state index in [0.29, 0.717) is 5.92 Å². The first-order valence-corrected chi connectivity index (χ1v) is 9.21. The van der Waals surface area contributed by atoms with Crippen molar-refractivity contribution in [3.63, 3.8) is 0 Å². The molecule has 1 N–H and O–H groups in total. The van der Waals surface area contributed by atoms with Crippen molar-refractivity contribution >= 4 is 22.8 Å². The molecule has 0 aliphatic rings. The summed E-state index contributed by atoms with van der Waals surface area (Å²) in [4.78, 5) is 23.2. The Kier molecular flexibility index (Phi) is 11.4. The van der Waals surface area contributed by atoms with Crippen LogP contribution in [-0.2, 0) is 16.0 Å². The van der Waals surface area contributed by atoms with E-state index in [1.807, 2.05) is 21.0 Å². The quantitative estimate of drug-likeness (QED) is 0.805. The molecule has 0 heterocycles. The van der Waals surface area contributed by atoms with Gasteiger partial charge in [0.2, 0.25) is 0 Å². The highest BCUT2D eigenvalue weighted by atomic mass is 32.2. The number of carboxylic acid groups (broad SMARTS) is 1. The summed E-state index contributed by atoms with van der Waals surface area (Å²) in [6, 6.07) is 8.52. The molecule has 1 aromatic rings. The molecule has 0 aromatic heterocycles. The Hall–Kier alpha value is -1.33. The molecule has 0 saturated heterocycles. The lowest BCUT2D eigenvalue weighted by atomic mass is 9.97. The summed E-state index contributed by atoms with van der Waals surface area (Å²) in [5.74, 6) is 0.679. The van der Waals surface area contributed by atoms with Crippen LogP contribution in [0.2, 0.25) is 0 Å². The van der Waals surface area contributed by atoms with E-state index < -0.39 is 5.97 Å². The summed E-state index contributed by atoms with van der Waals surface area (Å²) in [6.45, 7) is 8.47. The van der Waals surface area contributed by atoms with Crippen molar-refractivity contribution in [3.05, 3.63) is 35.4 Å². The Morgan fingerprint density at radius 2 is 1.62 bits per heavy atom. The summed E-state index contributed by atoms with van der Waals surface area (Å²) >= 11 is 1.44. The van der Waals surface area contributed by atoms with Crippen LogP contribution in [0.3, 0.4) is 0 Å². The van der Waals surface area contributed by atoms with Crippen molar-refractivity contribution < 1.29 is 14.7 Å². The smallest absolute Gasteiger partial charge is 0.300 e. The van der Waals surface area contributed by atoms with Gasteiger partial charge in [0.15, 0.2) is 5.12 Å². The fourth-order valence-electron chi connectivity index (χ4n) is 2.00. The van der Waals surface area contributed by atoms with Crippen molar-refractivity contribution in [3.8, 4) is 0 Å². The number of hydrogen-bond donors (Lipinski definition) is 1. The lowest BCUT2D eigenvalue weighted by Crippen LogP contribution is -2.16. The molecule has 0 bridgehead atoms.